The van der Waals surface area contributed by atoms with Crippen LogP contribution in [0.4, 0.5) is 0 Å². The summed E-state index contributed by atoms with van der Waals surface area (Å²) in [6, 6.07) is 15.1. The third kappa shape index (κ3) is 4.57. The number of carbonyl (C=O) groups excluding carboxylic acids is 1. The van der Waals surface area contributed by atoms with E-state index in [4.69, 9.17) is 30.5 Å². The van der Waals surface area contributed by atoms with Crippen molar-refractivity contribution in [2.24, 2.45) is 0 Å². The van der Waals surface area contributed by atoms with Crippen LogP contribution in [0.3, 0.4) is 0 Å². The summed E-state index contributed by atoms with van der Waals surface area (Å²) in [5.41, 5.74) is 1.01. The second-order valence-electron chi connectivity index (χ2n) is 6.41. The van der Waals surface area contributed by atoms with Crippen molar-refractivity contribution in [3.05, 3.63) is 59.1 Å². The van der Waals surface area contributed by atoms with Crippen LogP contribution in [-0.4, -0.2) is 20.2 Å². The molecule has 0 radical (unpaired) electrons. The fourth-order valence-corrected chi connectivity index (χ4v) is 3.24. The van der Waals surface area contributed by atoms with Gasteiger partial charge in [0.15, 0.2) is 11.5 Å². The van der Waals surface area contributed by atoms with Crippen LogP contribution in [0.15, 0.2) is 48.5 Å². The quantitative estimate of drug-likeness (QED) is 0.344. The molecule has 0 amide bonds. The topological polar surface area (TPSA) is 54.0 Å². The van der Waals surface area contributed by atoms with Gasteiger partial charge in [0.05, 0.1) is 14.2 Å². The Morgan fingerprint density at radius 1 is 0.897 bits per heavy atom. The van der Waals surface area contributed by atoms with Gasteiger partial charge >= 0.3 is 5.97 Å². The van der Waals surface area contributed by atoms with Gasteiger partial charge in [0.1, 0.15) is 6.61 Å². The molecule has 0 N–H and O–H groups in total. The lowest BCUT2D eigenvalue weighted by Gasteiger charge is -2.20. The maximum Gasteiger partial charge on any atom is 0.311 e. The molecular formula is C23H23ClO5. The van der Waals surface area contributed by atoms with Crippen molar-refractivity contribution in [2.45, 2.75) is 26.4 Å². The summed E-state index contributed by atoms with van der Waals surface area (Å²) in [5, 5.41) is 1.83. The molecule has 0 aliphatic rings. The minimum atomic E-state index is -0.355. The Balaban J connectivity index is 2.16. The third-order valence-electron chi connectivity index (χ3n) is 4.39. The van der Waals surface area contributed by atoms with E-state index in [1.54, 1.807) is 12.1 Å². The number of hydrogen-bond acceptors (Lipinski definition) is 5. The first-order valence-electron chi connectivity index (χ1n) is 9.33. The SMILES string of the molecule is CCCC(=O)Oc1c(OC)c(OC)c(OCc2ccccc2)c2ccc(Cl)cc12. The summed E-state index contributed by atoms with van der Waals surface area (Å²) in [5.74, 6) is 1.06. The van der Waals surface area contributed by atoms with E-state index in [0.717, 1.165) is 5.56 Å². The van der Waals surface area contributed by atoms with Gasteiger partial charge in [-0.25, -0.2) is 0 Å². The molecular weight excluding hydrogens is 392 g/mol. The predicted octanol–water partition coefficient (Wildman–Crippen LogP) is 5.79. The lowest BCUT2D eigenvalue weighted by atomic mass is 10.1. The molecule has 0 heterocycles. The predicted molar refractivity (Wildman–Crippen MR) is 113 cm³/mol. The number of esters is 1. The molecule has 0 bridgehead atoms. The molecule has 0 fully saturated rings. The third-order valence-corrected chi connectivity index (χ3v) is 4.63. The summed E-state index contributed by atoms with van der Waals surface area (Å²) in [6.07, 6.45) is 0.967. The number of halogens is 1. The smallest absolute Gasteiger partial charge is 0.311 e. The number of ether oxygens (including phenoxy) is 4. The van der Waals surface area contributed by atoms with Crippen LogP contribution < -0.4 is 18.9 Å². The first-order valence-corrected chi connectivity index (χ1v) is 9.71. The lowest BCUT2D eigenvalue weighted by Crippen LogP contribution is -2.09. The van der Waals surface area contributed by atoms with E-state index < -0.39 is 0 Å². The first kappa shape index (κ1) is 20.8. The van der Waals surface area contributed by atoms with E-state index in [2.05, 4.69) is 0 Å². The second kappa shape index (κ2) is 9.52. The molecule has 5 nitrogen and oxygen atoms in total. The van der Waals surface area contributed by atoms with E-state index in [1.807, 2.05) is 43.3 Å². The Kier molecular flexibility index (Phi) is 6.83. The summed E-state index contributed by atoms with van der Waals surface area (Å²) < 4.78 is 22.9. The standard InChI is InChI=1S/C23H23ClO5/c1-4-8-19(25)29-21-18-13-16(24)11-12-17(18)20(22(26-2)23(21)27-3)28-14-15-9-6-5-7-10-15/h5-7,9-13H,4,8,14H2,1-3H3. The molecule has 0 saturated heterocycles. The van der Waals surface area contributed by atoms with E-state index in [-0.39, 0.29) is 17.5 Å². The van der Waals surface area contributed by atoms with Gasteiger partial charge in [-0.15, -0.1) is 0 Å². The summed E-state index contributed by atoms with van der Waals surface area (Å²) >= 11 is 6.23. The van der Waals surface area contributed by atoms with Crippen molar-refractivity contribution in [3.63, 3.8) is 0 Å². The van der Waals surface area contributed by atoms with Crippen LogP contribution in [0.25, 0.3) is 10.8 Å². The molecule has 0 spiro atoms. The van der Waals surface area contributed by atoms with Crippen LogP contribution in [0.2, 0.25) is 5.02 Å². The Bertz CT molecular complexity index is 1000. The summed E-state index contributed by atoms with van der Waals surface area (Å²) in [7, 11) is 3.01. The van der Waals surface area contributed by atoms with Gasteiger partial charge in [0.25, 0.3) is 0 Å². The van der Waals surface area contributed by atoms with Crippen molar-refractivity contribution in [1.29, 1.82) is 0 Å². The first-order chi connectivity index (χ1) is 14.1. The number of rotatable bonds is 8. The highest BCUT2D eigenvalue weighted by molar-refractivity contribution is 6.31. The van der Waals surface area contributed by atoms with Crippen LogP contribution in [-0.2, 0) is 11.4 Å². The molecule has 3 aromatic carbocycles. The average Bonchev–Trinajstić information content (AvgIpc) is 2.73. The van der Waals surface area contributed by atoms with E-state index in [0.29, 0.717) is 46.7 Å². The zero-order valence-corrected chi connectivity index (χ0v) is 17.4. The normalized spacial score (nSPS) is 10.6. The van der Waals surface area contributed by atoms with E-state index >= 15 is 0 Å². The Morgan fingerprint density at radius 2 is 1.59 bits per heavy atom. The fourth-order valence-electron chi connectivity index (χ4n) is 3.07. The van der Waals surface area contributed by atoms with Gasteiger partial charge < -0.3 is 18.9 Å². The van der Waals surface area contributed by atoms with Crippen molar-refractivity contribution < 1.29 is 23.7 Å². The van der Waals surface area contributed by atoms with Gasteiger partial charge in [-0.1, -0.05) is 48.9 Å². The lowest BCUT2D eigenvalue weighted by molar-refractivity contribution is -0.134. The van der Waals surface area contributed by atoms with Crippen molar-refractivity contribution in [1.82, 2.24) is 0 Å². The second-order valence-corrected chi connectivity index (χ2v) is 6.85. The summed E-state index contributed by atoms with van der Waals surface area (Å²) in [6.45, 7) is 2.25. The van der Waals surface area contributed by atoms with Gasteiger partial charge in [-0.3, -0.25) is 4.79 Å². The molecule has 6 heteroatoms. The largest absolute Gasteiger partial charge is 0.490 e. The van der Waals surface area contributed by atoms with Gasteiger partial charge in [0.2, 0.25) is 11.5 Å². The van der Waals surface area contributed by atoms with Crippen LogP contribution >= 0.6 is 11.6 Å². The summed E-state index contributed by atoms with van der Waals surface area (Å²) in [4.78, 5) is 12.2. The van der Waals surface area contributed by atoms with Crippen LogP contribution in [0.1, 0.15) is 25.3 Å². The Hall–Kier alpha value is -2.92. The molecule has 0 aliphatic heterocycles. The number of carbonyl (C=O) groups is 1. The molecule has 0 aromatic heterocycles. The maximum atomic E-state index is 12.2. The van der Waals surface area contributed by atoms with Gasteiger partial charge in [-0.05, 0) is 30.2 Å². The molecule has 29 heavy (non-hydrogen) atoms. The number of hydrogen-bond donors (Lipinski definition) is 0. The van der Waals surface area contributed by atoms with Crippen LogP contribution in [0.5, 0.6) is 23.0 Å². The number of methoxy groups -OCH3 is 2. The monoisotopic (exact) mass is 414 g/mol. The number of fused-ring (bicyclic) bond motifs is 1. The van der Waals surface area contributed by atoms with E-state index in [1.165, 1.54) is 14.2 Å². The molecule has 0 atom stereocenters. The molecule has 0 saturated carbocycles. The van der Waals surface area contributed by atoms with Crippen molar-refractivity contribution in [3.8, 4) is 23.0 Å². The molecule has 3 rings (SSSR count). The minimum Gasteiger partial charge on any atom is -0.490 e. The maximum absolute atomic E-state index is 12.2. The Morgan fingerprint density at radius 3 is 2.24 bits per heavy atom. The Labute approximate surface area is 175 Å². The molecule has 152 valence electrons. The highest BCUT2D eigenvalue weighted by Gasteiger charge is 2.25. The van der Waals surface area contributed by atoms with Crippen molar-refractivity contribution >= 4 is 28.3 Å². The zero-order valence-electron chi connectivity index (χ0n) is 16.7. The molecule has 3 aromatic rings. The molecule has 0 unspecified atom stereocenters. The average molecular weight is 415 g/mol. The fraction of sp³-hybridized carbons (Fsp3) is 0.261. The van der Waals surface area contributed by atoms with Gasteiger partial charge in [-0.2, -0.15) is 0 Å². The molecule has 0 aliphatic carbocycles. The number of benzene rings is 3. The highest BCUT2D eigenvalue weighted by Crippen LogP contribution is 2.51. The van der Waals surface area contributed by atoms with Crippen LogP contribution in [0, 0.1) is 0 Å². The minimum absolute atomic E-state index is 0.271. The highest BCUT2D eigenvalue weighted by atomic mass is 35.5. The van der Waals surface area contributed by atoms with Gasteiger partial charge in [0, 0.05) is 22.2 Å². The van der Waals surface area contributed by atoms with Crippen molar-refractivity contribution in [2.75, 3.05) is 14.2 Å². The van der Waals surface area contributed by atoms with E-state index in [9.17, 15) is 4.79 Å². The zero-order chi connectivity index (χ0) is 20.8.